The number of hydrogen-bond acceptors (Lipinski definition) is 5. The van der Waals surface area contributed by atoms with Gasteiger partial charge in [0, 0.05) is 6.54 Å². The number of nitrogens with one attached hydrogen (secondary N) is 1. The van der Waals surface area contributed by atoms with Gasteiger partial charge in [0.2, 0.25) is 5.91 Å². The van der Waals surface area contributed by atoms with Crippen LogP contribution < -0.4 is 5.32 Å². The van der Waals surface area contributed by atoms with Gasteiger partial charge in [-0.25, -0.2) is 4.79 Å². The summed E-state index contributed by atoms with van der Waals surface area (Å²) in [5.74, 6) is -0.839. The van der Waals surface area contributed by atoms with Gasteiger partial charge in [0.05, 0.1) is 6.61 Å². The van der Waals surface area contributed by atoms with Crippen molar-refractivity contribution >= 4 is 18.0 Å². The molecular weight excluding hydrogens is 276 g/mol. The molecule has 1 atom stereocenters. The van der Waals surface area contributed by atoms with E-state index in [-0.39, 0.29) is 19.1 Å². The number of nitrogens with zero attached hydrogens (tertiary/aromatic N) is 1. The molecule has 2 amide bonds. The molecule has 21 heavy (non-hydrogen) atoms. The summed E-state index contributed by atoms with van der Waals surface area (Å²) >= 11 is 0. The number of esters is 1. The summed E-state index contributed by atoms with van der Waals surface area (Å²) in [7, 11) is 0. The van der Waals surface area contributed by atoms with Crippen molar-refractivity contribution in [1.82, 2.24) is 10.2 Å². The van der Waals surface area contributed by atoms with E-state index >= 15 is 0 Å². The Hall–Kier alpha value is -2.05. The fourth-order valence-corrected chi connectivity index (χ4v) is 1.74. The number of amides is 2. The van der Waals surface area contributed by atoms with Gasteiger partial charge in [0.15, 0.2) is 0 Å². The van der Waals surface area contributed by atoms with E-state index in [1.165, 1.54) is 4.90 Å². The van der Waals surface area contributed by atoms with Crippen LogP contribution in [0.25, 0.3) is 0 Å². The number of rotatable bonds is 4. The van der Waals surface area contributed by atoms with E-state index in [4.69, 9.17) is 9.47 Å². The molecule has 1 aliphatic heterocycles. The summed E-state index contributed by atoms with van der Waals surface area (Å²) < 4.78 is 9.90. The zero-order valence-corrected chi connectivity index (χ0v) is 12.8. The first-order valence-corrected chi connectivity index (χ1v) is 6.83. The maximum Gasteiger partial charge on any atom is 0.408 e. The Bertz CT molecular complexity index is 439. The van der Waals surface area contributed by atoms with E-state index in [9.17, 15) is 14.4 Å². The summed E-state index contributed by atoms with van der Waals surface area (Å²) in [5.41, 5.74) is -0.643. The number of alkyl carbamates (subject to hydrolysis) is 1. The number of carbonyl (C=O) groups is 3. The lowest BCUT2D eigenvalue weighted by Gasteiger charge is -2.29. The molecule has 0 aromatic heterocycles. The van der Waals surface area contributed by atoms with Crippen molar-refractivity contribution < 1.29 is 23.9 Å². The highest BCUT2D eigenvalue weighted by Crippen LogP contribution is 2.09. The molecule has 0 saturated heterocycles. The third-order valence-electron chi connectivity index (χ3n) is 2.53. The second kappa shape index (κ2) is 7.10. The minimum atomic E-state index is -0.831. The van der Waals surface area contributed by atoms with Crippen molar-refractivity contribution in [2.45, 2.75) is 39.3 Å². The number of hydrogen-bond donors (Lipinski definition) is 1. The van der Waals surface area contributed by atoms with Crippen molar-refractivity contribution in [1.29, 1.82) is 0 Å². The topological polar surface area (TPSA) is 84.9 Å². The van der Waals surface area contributed by atoms with Crippen molar-refractivity contribution in [3.8, 4) is 0 Å². The van der Waals surface area contributed by atoms with E-state index in [0.29, 0.717) is 6.54 Å². The van der Waals surface area contributed by atoms with Crippen LogP contribution >= 0.6 is 0 Å². The van der Waals surface area contributed by atoms with Gasteiger partial charge in [0.1, 0.15) is 18.2 Å². The van der Waals surface area contributed by atoms with E-state index in [0.717, 1.165) is 0 Å². The van der Waals surface area contributed by atoms with Gasteiger partial charge in [-0.1, -0.05) is 12.2 Å². The summed E-state index contributed by atoms with van der Waals surface area (Å²) in [6.45, 7) is 7.33. The largest absolute Gasteiger partial charge is 0.465 e. The normalized spacial score (nSPS) is 18.4. The molecule has 0 spiro atoms. The van der Waals surface area contributed by atoms with Crippen molar-refractivity contribution in [2.24, 2.45) is 0 Å². The Morgan fingerprint density at radius 3 is 2.67 bits per heavy atom. The molecule has 0 aromatic rings. The van der Waals surface area contributed by atoms with Crippen LogP contribution in [0.5, 0.6) is 0 Å². The average molecular weight is 298 g/mol. The summed E-state index contributed by atoms with van der Waals surface area (Å²) in [5, 5.41) is 2.47. The van der Waals surface area contributed by atoms with Crippen LogP contribution in [0.15, 0.2) is 12.2 Å². The minimum Gasteiger partial charge on any atom is -0.465 e. The van der Waals surface area contributed by atoms with Gasteiger partial charge in [-0.15, -0.1) is 0 Å². The van der Waals surface area contributed by atoms with Crippen LogP contribution in [0.1, 0.15) is 27.7 Å². The van der Waals surface area contributed by atoms with E-state index in [1.807, 2.05) is 0 Å². The van der Waals surface area contributed by atoms with Crippen LogP contribution in [-0.4, -0.2) is 54.2 Å². The lowest BCUT2D eigenvalue weighted by Crippen LogP contribution is -2.52. The van der Waals surface area contributed by atoms with Gasteiger partial charge in [-0.2, -0.15) is 0 Å². The Kier molecular flexibility index (Phi) is 5.75. The second-order valence-corrected chi connectivity index (χ2v) is 5.58. The molecule has 0 aromatic carbocycles. The highest BCUT2D eigenvalue weighted by molar-refractivity contribution is 5.90. The maximum atomic E-state index is 12.2. The van der Waals surface area contributed by atoms with Crippen LogP contribution in [0, 0.1) is 0 Å². The molecule has 118 valence electrons. The van der Waals surface area contributed by atoms with Gasteiger partial charge in [-0.3, -0.25) is 9.59 Å². The molecule has 0 radical (unpaired) electrons. The first-order chi connectivity index (χ1) is 9.73. The zero-order valence-electron chi connectivity index (χ0n) is 12.8. The first-order valence-electron chi connectivity index (χ1n) is 6.83. The molecule has 0 bridgehead atoms. The predicted octanol–water partition coefficient (Wildman–Crippen LogP) is 0.841. The lowest BCUT2D eigenvalue weighted by atomic mass is 10.1. The van der Waals surface area contributed by atoms with Crippen LogP contribution in [0.2, 0.25) is 0 Å². The molecule has 1 heterocycles. The molecule has 1 N–H and O–H groups in total. The summed E-state index contributed by atoms with van der Waals surface area (Å²) in [6, 6.07) is -0.831. The quantitative estimate of drug-likeness (QED) is 0.614. The highest BCUT2D eigenvalue weighted by atomic mass is 16.6. The fraction of sp³-hybridized carbons (Fsp3) is 0.643. The molecular formula is C14H22N2O5. The molecule has 1 rings (SSSR count). The van der Waals surface area contributed by atoms with E-state index in [1.54, 1.807) is 39.8 Å². The van der Waals surface area contributed by atoms with Gasteiger partial charge >= 0.3 is 12.1 Å². The van der Waals surface area contributed by atoms with Crippen molar-refractivity contribution in [2.75, 3.05) is 19.7 Å². The standard InChI is InChI=1S/C14H22N2O5/c1-5-20-11(17)9-16-8-6-7-10(12(16)18)15-13(19)21-14(2,3)4/h6-7,10H,5,8-9H2,1-4H3,(H,15,19)/t10-/m0/s1. The smallest absolute Gasteiger partial charge is 0.408 e. The molecule has 7 heteroatoms. The van der Waals surface area contributed by atoms with Crippen LogP contribution in [-0.2, 0) is 19.1 Å². The molecule has 0 fully saturated rings. The molecule has 0 aliphatic carbocycles. The van der Waals surface area contributed by atoms with Crippen molar-refractivity contribution in [3.05, 3.63) is 12.2 Å². The second-order valence-electron chi connectivity index (χ2n) is 5.58. The monoisotopic (exact) mass is 298 g/mol. The Morgan fingerprint density at radius 2 is 2.10 bits per heavy atom. The number of carbonyl (C=O) groups excluding carboxylic acids is 3. The van der Waals surface area contributed by atoms with Crippen LogP contribution in [0.4, 0.5) is 4.79 Å². The molecule has 0 unspecified atom stereocenters. The SMILES string of the molecule is CCOC(=O)CN1CC=C[C@H](NC(=O)OC(C)(C)C)C1=O. The Balaban J connectivity index is 2.59. The van der Waals surface area contributed by atoms with Crippen LogP contribution in [0.3, 0.4) is 0 Å². The highest BCUT2D eigenvalue weighted by Gasteiger charge is 2.29. The first kappa shape index (κ1) is 17.0. The Morgan fingerprint density at radius 1 is 1.43 bits per heavy atom. The van der Waals surface area contributed by atoms with Gasteiger partial charge < -0.3 is 19.7 Å². The minimum absolute atomic E-state index is 0.135. The fourth-order valence-electron chi connectivity index (χ4n) is 1.74. The average Bonchev–Trinajstić information content (AvgIpc) is 2.32. The van der Waals surface area contributed by atoms with Gasteiger partial charge in [0.25, 0.3) is 0 Å². The Labute approximate surface area is 124 Å². The van der Waals surface area contributed by atoms with Gasteiger partial charge in [-0.05, 0) is 27.7 Å². The molecule has 7 nitrogen and oxygen atoms in total. The van der Waals surface area contributed by atoms with E-state index < -0.39 is 23.7 Å². The third kappa shape index (κ3) is 5.85. The van der Waals surface area contributed by atoms with E-state index in [2.05, 4.69) is 5.32 Å². The third-order valence-corrected chi connectivity index (χ3v) is 2.53. The summed E-state index contributed by atoms with van der Waals surface area (Å²) in [4.78, 5) is 36.6. The van der Waals surface area contributed by atoms with Crippen molar-refractivity contribution in [3.63, 3.8) is 0 Å². The zero-order chi connectivity index (χ0) is 16.0. The lowest BCUT2D eigenvalue weighted by molar-refractivity contribution is -0.149. The molecule has 0 saturated carbocycles. The maximum absolute atomic E-state index is 12.2. The summed E-state index contributed by atoms with van der Waals surface area (Å²) in [6.07, 6.45) is 2.61. The predicted molar refractivity (Wildman–Crippen MR) is 75.5 cm³/mol. The number of ether oxygens (including phenoxy) is 2. The molecule has 1 aliphatic rings.